The lowest BCUT2D eigenvalue weighted by Gasteiger charge is -2.38. The SMILES string of the molecule is CCOCCOC1CCN(c2cc3c(cc2CC)C(=O)C2=C(Cc4cc(C#N)ccc42)C3(C)C)CC1. The maximum Gasteiger partial charge on any atom is 0.193 e. The molecule has 0 aromatic heterocycles. The van der Waals surface area contributed by atoms with Crippen LogP contribution in [0.25, 0.3) is 5.57 Å². The van der Waals surface area contributed by atoms with E-state index in [0.717, 1.165) is 73.2 Å². The van der Waals surface area contributed by atoms with Gasteiger partial charge in [-0.15, -0.1) is 0 Å². The van der Waals surface area contributed by atoms with Gasteiger partial charge in [0.1, 0.15) is 0 Å². The first-order valence-corrected chi connectivity index (χ1v) is 13.3. The van der Waals surface area contributed by atoms with Gasteiger partial charge < -0.3 is 14.4 Å². The number of carbonyl (C=O) groups excluding carboxylic acids is 1. The summed E-state index contributed by atoms with van der Waals surface area (Å²) >= 11 is 0. The quantitative estimate of drug-likeness (QED) is 0.477. The molecule has 0 spiro atoms. The van der Waals surface area contributed by atoms with E-state index in [-0.39, 0.29) is 17.3 Å². The first kappa shape index (κ1) is 24.7. The number of rotatable bonds is 7. The molecule has 1 heterocycles. The number of ether oxygens (including phenoxy) is 2. The monoisotopic (exact) mass is 484 g/mol. The highest BCUT2D eigenvalue weighted by Gasteiger charge is 2.43. The van der Waals surface area contributed by atoms with Gasteiger partial charge in [0.2, 0.25) is 0 Å². The highest BCUT2D eigenvalue weighted by molar-refractivity contribution is 6.33. The highest BCUT2D eigenvalue weighted by atomic mass is 16.5. The van der Waals surface area contributed by atoms with Gasteiger partial charge >= 0.3 is 0 Å². The number of ketones is 1. The van der Waals surface area contributed by atoms with E-state index in [1.54, 1.807) is 0 Å². The predicted octanol–water partition coefficient (Wildman–Crippen LogP) is 5.63. The van der Waals surface area contributed by atoms with Gasteiger partial charge in [-0.05, 0) is 84.7 Å². The molecule has 2 aliphatic carbocycles. The first-order chi connectivity index (χ1) is 17.4. The summed E-state index contributed by atoms with van der Waals surface area (Å²) in [6.45, 7) is 12.6. The number of carbonyl (C=O) groups is 1. The molecular formula is C31H36N2O3. The van der Waals surface area contributed by atoms with E-state index in [0.29, 0.717) is 18.8 Å². The van der Waals surface area contributed by atoms with Crippen molar-refractivity contribution in [1.29, 1.82) is 5.26 Å². The Morgan fingerprint density at radius 3 is 2.56 bits per heavy atom. The Bertz CT molecular complexity index is 1260. The minimum atomic E-state index is -0.258. The van der Waals surface area contributed by atoms with Gasteiger partial charge in [-0.2, -0.15) is 5.26 Å². The van der Waals surface area contributed by atoms with Crippen LogP contribution in [0.5, 0.6) is 0 Å². The molecular weight excluding hydrogens is 448 g/mol. The minimum Gasteiger partial charge on any atom is -0.379 e. The Morgan fingerprint density at radius 2 is 1.86 bits per heavy atom. The fraction of sp³-hybridized carbons (Fsp3) is 0.484. The maximum absolute atomic E-state index is 13.9. The molecule has 1 fully saturated rings. The van der Waals surface area contributed by atoms with E-state index in [2.05, 4.69) is 43.9 Å². The van der Waals surface area contributed by atoms with Gasteiger partial charge in [-0.3, -0.25) is 4.79 Å². The number of aryl methyl sites for hydroxylation is 1. The summed E-state index contributed by atoms with van der Waals surface area (Å²) in [5.74, 6) is 0.130. The molecule has 0 N–H and O–H groups in total. The Hall–Kier alpha value is -2.94. The molecule has 3 aliphatic rings. The van der Waals surface area contributed by atoms with Crippen LogP contribution < -0.4 is 4.90 Å². The zero-order valence-electron chi connectivity index (χ0n) is 21.9. The summed E-state index contributed by atoms with van der Waals surface area (Å²) in [4.78, 5) is 16.4. The van der Waals surface area contributed by atoms with Crippen molar-refractivity contribution in [3.05, 3.63) is 69.3 Å². The number of hydrogen-bond donors (Lipinski definition) is 0. The van der Waals surface area contributed by atoms with Crippen LogP contribution in [0.15, 0.2) is 35.9 Å². The zero-order chi connectivity index (χ0) is 25.4. The van der Waals surface area contributed by atoms with Gasteiger partial charge in [0.15, 0.2) is 5.78 Å². The van der Waals surface area contributed by atoms with E-state index in [1.807, 2.05) is 25.1 Å². The topological polar surface area (TPSA) is 62.6 Å². The molecule has 2 aromatic rings. The third kappa shape index (κ3) is 4.17. The summed E-state index contributed by atoms with van der Waals surface area (Å²) in [6, 6.07) is 12.4. The largest absolute Gasteiger partial charge is 0.379 e. The van der Waals surface area contributed by atoms with Crippen molar-refractivity contribution in [1.82, 2.24) is 0 Å². The Labute approximate surface area is 214 Å². The maximum atomic E-state index is 13.9. The van der Waals surface area contributed by atoms with Crippen molar-refractivity contribution in [2.75, 3.05) is 37.8 Å². The van der Waals surface area contributed by atoms with Crippen LogP contribution in [0.1, 0.15) is 78.7 Å². The van der Waals surface area contributed by atoms with Gasteiger partial charge in [-0.25, -0.2) is 0 Å². The van der Waals surface area contributed by atoms with E-state index >= 15 is 0 Å². The molecule has 0 saturated carbocycles. The number of nitriles is 1. The van der Waals surface area contributed by atoms with Crippen LogP contribution in [0.3, 0.4) is 0 Å². The molecule has 2 aromatic carbocycles. The second-order valence-electron chi connectivity index (χ2n) is 10.6. The number of Topliss-reactive ketones (excluding diaryl/α,β-unsaturated/α-hetero) is 1. The minimum absolute atomic E-state index is 0.130. The predicted molar refractivity (Wildman–Crippen MR) is 143 cm³/mol. The lowest BCUT2D eigenvalue weighted by atomic mass is 9.68. The molecule has 5 nitrogen and oxygen atoms in total. The number of fused-ring (bicyclic) bond motifs is 3. The number of anilines is 1. The van der Waals surface area contributed by atoms with Gasteiger partial charge in [0, 0.05) is 41.9 Å². The molecule has 0 bridgehead atoms. The summed E-state index contributed by atoms with van der Waals surface area (Å²) in [5.41, 5.74) is 8.98. The third-order valence-corrected chi connectivity index (χ3v) is 8.24. The van der Waals surface area contributed by atoms with Crippen molar-refractivity contribution in [2.24, 2.45) is 0 Å². The number of nitrogens with zero attached hydrogens (tertiary/aromatic N) is 2. The van der Waals surface area contributed by atoms with Crippen molar-refractivity contribution < 1.29 is 14.3 Å². The molecule has 0 atom stereocenters. The standard InChI is InChI=1S/C31H36N2O3/c1-5-21-16-25-26(18-28(21)33-11-9-23(10-12-33)36-14-13-35-6-2)31(3,4)27-17-22-15-20(19-32)7-8-24(22)29(27)30(25)34/h7-8,15-16,18,23H,5-6,9-14,17H2,1-4H3. The normalized spacial score (nSPS) is 18.6. The van der Waals surface area contributed by atoms with Crippen molar-refractivity contribution in [3.63, 3.8) is 0 Å². The smallest absolute Gasteiger partial charge is 0.193 e. The number of benzene rings is 2. The molecule has 36 heavy (non-hydrogen) atoms. The Balaban J connectivity index is 1.43. The number of hydrogen-bond acceptors (Lipinski definition) is 5. The van der Waals surface area contributed by atoms with Crippen molar-refractivity contribution in [3.8, 4) is 6.07 Å². The van der Waals surface area contributed by atoms with Crippen molar-refractivity contribution >= 4 is 17.0 Å². The number of allylic oxidation sites excluding steroid dienone is 2. The summed E-state index contributed by atoms with van der Waals surface area (Å²) < 4.78 is 11.4. The molecule has 0 unspecified atom stereocenters. The van der Waals surface area contributed by atoms with Gasteiger partial charge in [0.05, 0.1) is 31.0 Å². The van der Waals surface area contributed by atoms with Gasteiger partial charge in [-0.1, -0.05) is 26.8 Å². The fourth-order valence-corrected chi connectivity index (χ4v) is 6.18. The molecule has 1 aliphatic heterocycles. The van der Waals surface area contributed by atoms with Crippen LogP contribution in [0.2, 0.25) is 0 Å². The highest BCUT2D eigenvalue weighted by Crippen LogP contribution is 2.51. The van der Waals surface area contributed by atoms with Crippen LogP contribution in [-0.4, -0.2) is 44.8 Å². The summed E-state index contributed by atoms with van der Waals surface area (Å²) in [7, 11) is 0. The lowest BCUT2D eigenvalue weighted by Crippen LogP contribution is -2.38. The van der Waals surface area contributed by atoms with E-state index in [4.69, 9.17) is 9.47 Å². The zero-order valence-corrected chi connectivity index (χ0v) is 21.9. The number of piperidine rings is 1. The van der Waals surface area contributed by atoms with Crippen LogP contribution in [-0.2, 0) is 27.7 Å². The van der Waals surface area contributed by atoms with E-state index in [1.165, 1.54) is 16.8 Å². The van der Waals surface area contributed by atoms with E-state index < -0.39 is 0 Å². The van der Waals surface area contributed by atoms with E-state index in [9.17, 15) is 10.1 Å². The van der Waals surface area contributed by atoms with Crippen molar-refractivity contribution in [2.45, 2.75) is 64.9 Å². The van der Waals surface area contributed by atoms with Crippen LogP contribution >= 0.6 is 0 Å². The second kappa shape index (κ2) is 9.84. The fourth-order valence-electron chi connectivity index (χ4n) is 6.18. The summed E-state index contributed by atoms with van der Waals surface area (Å²) in [5, 5.41) is 9.37. The average molecular weight is 485 g/mol. The molecule has 5 heteroatoms. The average Bonchev–Trinajstić information content (AvgIpc) is 3.30. The molecule has 1 saturated heterocycles. The molecule has 0 amide bonds. The molecule has 188 valence electrons. The first-order valence-electron chi connectivity index (χ1n) is 13.3. The Morgan fingerprint density at radius 1 is 1.08 bits per heavy atom. The van der Waals surface area contributed by atoms with Gasteiger partial charge in [0.25, 0.3) is 0 Å². The van der Waals surface area contributed by atoms with Crippen LogP contribution in [0.4, 0.5) is 5.69 Å². The second-order valence-corrected chi connectivity index (χ2v) is 10.6. The molecule has 5 rings (SSSR count). The Kier molecular flexibility index (Phi) is 6.76. The third-order valence-electron chi connectivity index (χ3n) is 8.24. The lowest BCUT2D eigenvalue weighted by molar-refractivity contribution is -0.00231. The van der Waals surface area contributed by atoms with Crippen LogP contribution in [0, 0.1) is 11.3 Å². The summed E-state index contributed by atoms with van der Waals surface area (Å²) in [6.07, 6.45) is 3.90. The molecule has 0 radical (unpaired) electrons.